The Kier molecular flexibility index (Phi) is 9.36. The van der Waals surface area contributed by atoms with E-state index in [2.05, 4.69) is 20.5 Å². The molecule has 2 heterocycles. The number of rotatable bonds is 11. The second kappa shape index (κ2) is 12.9. The number of thioether (sulfide) groups is 1. The van der Waals surface area contributed by atoms with Crippen LogP contribution in [0.15, 0.2) is 44.3 Å². The van der Waals surface area contributed by atoms with Crippen molar-refractivity contribution in [2.75, 3.05) is 42.0 Å². The summed E-state index contributed by atoms with van der Waals surface area (Å²) in [6.45, 7) is 0.427. The number of anilines is 3. The molecule has 11 nitrogen and oxygen atoms in total. The van der Waals surface area contributed by atoms with Crippen LogP contribution in [0.5, 0.6) is 0 Å². The van der Waals surface area contributed by atoms with Crippen molar-refractivity contribution in [1.82, 2.24) is 19.7 Å². The van der Waals surface area contributed by atoms with Gasteiger partial charge in [0.2, 0.25) is 11.0 Å². The molecule has 198 valence electrons. The van der Waals surface area contributed by atoms with E-state index in [1.807, 2.05) is 30.3 Å². The summed E-state index contributed by atoms with van der Waals surface area (Å²) in [6, 6.07) is 9.66. The van der Waals surface area contributed by atoms with Gasteiger partial charge >= 0.3 is 5.69 Å². The molecule has 13 heteroatoms. The van der Waals surface area contributed by atoms with Gasteiger partial charge in [0.25, 0.3) is 5.56 Å². The molecule has 1 aromatic carbocycles. The molecule has 0 aliphatic heterocycles. The van der Waals surface area contributed by atoms with Crippen LogP contribution in [0, 0.1) is 0 Å². The number of ether oxygens (including phenoxy) is 1. The zero-order chi connectivity index (χ0) is 26.2. The normalized spacial score (nSPS) is 14.0. The minimum absolute atomic E-state index is 0.0124. The fraction of sp³-hybridized carbons (Fsp3) is 0.458. The second-order valence-electron chi connectivity index (χ2n) is 8.74. The molecule has 0 unspecified atom stereocenters. The quantitative estimate of drug-likeness (QED) is 0.309. The topological polar surface area (TPSA) is 148 Å². The Balaban J connectivity index is 1.50. The average molecular weight is 546 g/mol. The lowest BCUT2D eigenvalue weighted by atomic mass is 9.96. The highest BCUT2D eigenvalue weighted by atomic mass is 32.2. The molecule has 1 amide bonds. The van der Waals surface area contributed by atoms with Crippen LogP contribution in [-0.2, 0) is 16.1 Å². The Morgan fingerprint density at radius 2 is 2.00 bits per heavy atom. The lowest BCUT2D eigenvalue weighted by Crippen LogP contribution is -2.43. The van der Waals surface area contributed by atoms with Crippen molar-refractivity contribution in [1.29, 1.82) is 0 Å². The summed E-state index contributed by atoms with van der Waals surface area (Å²) in [5, 5.41) is 12.6. The van der Waals surface area contributed by atoms with Crippen LogP contribution in [0.3, 0.4) is 0 Å². The Hall–Kier alpha value is -3.16. The van der Waals surface area contributed by atoms with E-state index in [4.69, 9.17) is 10.5 Å². The Labute approximate surface area is 222 Å². The summed E-state index contributed by atoms with van der Waals surface area (Å²) in [6.07, 6.45) is 5.94. The standard InChI is InChI=1S/C24H31N7O4S2/c1-35-13-12-30(18(32)15-36-24-29-28-22(37-24)26-17-10-6-3-7-11-17)19-20(25)31(23(34)27-21(19)33)14-16-8-4-2-5-9-16/h2,4-5,8-9,17H,3,6-7,10-15,25H2,1H3,(H,26,28)(H,27,33,34). The highest BCUT2D eigenvalue weighted by Crippen LogP contribution is 2.29. The number of hydrogen-bond acceptors (Lipinski definition) is 10. The predicted molar refractivity (Wildman–Crippen MR) is 147 cm³/mol. The van der Waals surface area contributed by atoms with E-state index in [1.54, 1.807) is 0 Å². The summed E-state index contributed by atoms with van der Waals surface area (Å²) < 4.78 is 7.06. The molecule has 0 radical (unpaired) electrons. The molecule has 0 bridgehead atoms. The number of aromatic amines is 1. The number of aromatic nitrogens is 4. The third kappa shape index (κ3) is 6.99. The molecule has 0 spiro atoms. The van der Waals surface area contributed by atoms with Crippen LogP contribution in [0.2, 0.25) is 0 Å². The van der Waals surface area contributed by atoms with Gasteiger partial charge in [-0.05, 0) is 18.4 Å². The van der Waals surface area contributed by atoms with Crippen molar-refractivity contribution in [2.45, 2.75) is 49.0 Å². The largest absolute Gasteiger partial charge is 0.383 e. The van der Waals surface area contributed by atoms with E-state index in [-0.39, 0.29) is 42.9 Å². The third-order valence-electron chi connectivity index (χ3n) is 6.15. The number of H-pyrrole nitrogens is 1. The van der Waals surface area contributed by atoms with Gasteiger partial charge in [0, 0.05) is 19.7 Å². The maximum absolute atomic E-state index is 13.3. The Morgan fingerprint density at radius 1 is 1.24 bits per heavy atom. The molecule has 1 saturated carbocycles. The first-order valence-corrected chi connectivity index (χ1v) is 13.9. The van der Waals surface area contributed by atoms with E-state index >= 15 is 0 Å². The van der Waals surface area contributed by atoms with E-state index in [0.29, 0.717) is 10.4 Å². The molecular formula is C24H31N7O4S2. The van der Waals surface area contributed by atoms with Crippen molar-refractivity contribution < 1.29 is 9.53 Å². The highest BCUT2D eigenvalue weighted by Gasteiger charge is 2.25. The predicted octanol–water partition coefficient (Wildman–Crippen LogP) is 2.53. The fourth-order valence-corrected chi connectivity index (χ4v) is 5.96. The average Bonchev–Trinajstić information content (AvgIpc) is 3.35. The Bertz CT molecular complexity index is 1300. The molecular weight excluding hydrogens is 514 g/mol. The van der Waals surface area contributed by atoms with Gasteiger partial charge in [0.1, 0.15) is 5.82 Å². The fourth-order valence-electron chi connectivity index (χ4n) is 4.25. The number of methoxy groups -OCH3 is 1. The molecule has 4 N–H and O–H groups in total. The summed E-state index contributed by atoms with van der Waals surface area (Å²) in [5.41, 5.74) is 5.70. The summed E-state index contributed by atoms with van der Waals surface area (Å²) in [5.74, 6) is -0.429. The lowest BCUT2D eigenvalue weighted by molar-refractivity contribution is -0.116. The van der Waals surface area contributed by atoms with Gasteiger partial charge in [-0.3, -0.25) is 19.1 Å². The number of benzene rings is 1. The van der Waals surface area contributed by atoms with Crippen LogP contribution >= 0.6 is 23.1 Å². The van der Waals surface area contributed by atoms with Crippen LogP contribution in [-0.4, -0.2) is 57.7 Å². The van der Waals surface area contributed by atoms with Gasteiger partial charge in [0.15, 0.2) is 10.0 Å². The minimum Gasteiger partial charge on any atom is -0.383 e. The maximum atomic E-state index is 13.3. The van der Waals surface area contributed by atoms with Crippen LogP contribution in [0.25, 0.3) is 0 Å². The van der Waals surface area contributed by atoms with E-state index < -0.39 is 11.2 Å². The van der Waals surface area contributed by atoms with E-state index in [9.17, 15) is 14.4 Å². The number of carbonyl (C=O) groups excluding carboxylic acids is 1. The van der Waals surface area contributed by atoms with Crippen molar-refractivity contribution in [3.05, 3.63) is 56.7 Å². The molecule has 2 aromatic heterocycles. The van der Waals surface area contributed by atoms with Gasteiger partial charge in [-0.15, -0.1) is 10.2 Å². The second-order valence-corrected chi connectivity index (χ2v) is 10.9. The van der Waals surface area contributed by atoms with E-state index in [1.165, 1.54) is 58.9 Å². The summed E-state index contributed by atoms with van der Waals surface area (Å²) in [4.78, 5) is 42.2. The monoisotopic (exact) mass is 545 g/mol. The highest BCUT2D eigenvalue weighted by molar-refractivity contribution is 8.01. The van der Waals surface area contributed by atoms with Crippen LogP contribution in [0.4, 0.5) is 16.6 Å². The minimum atomic E-state index is -0.726. The van der Waals surface area contributed by atoms with Crippen molar-refractivity contribution in [3.8, 4) is 0 Å². The summed E-state index contributed by atoms with van der Waals surface area (Å²) >= 11 is 2.64. The molecule has 3 aromatic rings. The van der Waals surface area contributed by atoms with Crippen molar-refractivity contribution >= 4 is 45.6 Å². The number of hydrogen-bond donors (Lipinski definition) is 3. The maximum Gasteiger partial charge on any atom is 0.330 e. The number of amides is 1. The molecule has 4 rings (SSSR count). The van der Waals surface area contributed by atoms with Crippen LogP contribution in [0.1, 0.15) is 37.7 Å². The molecule has 0 saturated heterocycles. The van der Waals surface area contributed by atoms with Gasteiger partial charge in [0.05, 0.1) is 18.9 Å². The zero-order valence-electron chi connectivity index (χ0n) is 20.6. The molecule has 37 heavy (non-hydrogen) atoms. The number of nitrogen functional groups attached to an aromatic ring is 1. The van der Waals surface area contributed by atoms with Crippen LogP contribution < -0.4 is 27.2 Å². The number of nitrogens with two attached hydrogens (primary N) is 1. The van der Waals surface area contributed by atoms with Gasteiger partial charge in [-0.2, -0.15) is 0 Å². The Morgan fingerprint density at radius 3 is 2.73 bits per heavy atom. The third-order valence-corrected chi connectivity index (χ3v) is 8.12. The van der Waals surface area contributed by atoms with E-state index in [0.717, 1.165) is 23.5 Å². The van der Waals surface area contributed by atoms with Crippen molar-refractivity contribution in [2.24, 2.45) is 0 Å². The molecule has 1 aliphatic rings. The summed E-state index contributed by atoms with van der Waals surface area (Å²) in [7, 11) is 1.50. The SMILES string of the molecule is COCCN(C(=O)CSc1nnc(NC2CCCCC2)s1)c1c(N)n(Cc2ccccc2)c(=O)[nH]c1=O. The number of carbonyl (C=O) groups is 1. The number of nitrogens with one attached hydrogen (secondary N) is 2. The van der Waals surface area contributed by atoms with Crippen molar-refractivity contribution in [3.63, 3.8) is 0 Å². The molecule has 1 fully saturated rings. The van der Waals surface area contributed by atoms with Gasteiger partial charge in [-0.1, -0.05) is 72.7 Å². The smallest absolute Gasteiger partial charge is 0.330 e. The molecule has 1 aliphatic carbocycles. The first-order valence-electron chi connectivity index (χ1n) is 12.1. The lowest BCUT2D eigenvalue weighted by Gasteiger charge is -2.24. The molecule has 0 atom stereocenters. The first kappa shape index (κ1) is 26.9. The first-order chi connectivity index (χ1) is 18.0. The van der Waals surface area contributed by atoms with Gasteiger partial charge in [-0.25, -0.2) is 4.79 Å². The van der Waals surface area contributed by atoms with Gasteiger partial charge < -0.3 is 20.7 Å². The number of nitrogens with zero attached hydrogens (tertiary/aromatic N) is 4. The zero-order valence-corrected chi connectivity index (χ0v) is 22.3.